The lowest BCUT2D eigenvalue weighted by molar-refractivity contribution is -0.0308. The molecule has 9 heteroatoms. The number of benzene rings is 3. The van der Waals surface area contributed by atoms with Crippen LogP contribution in [0.2, 0.25) is 0 Å². The molecule has 3 aliphatic heterocycles. The fourth-order valence-electron chi connectivity index (χ4n) is 6.58. The Hall–Kier alpha value is -4.18. The lowest BCUT2D eigenvalue weighted by Gasteiger charge is -2.46. The number of hydrogen-bond acceptors (Lipinski definition) is 6. The number of likely N-dealkylation sites (N-methyl/N-ethyl adjacent to an activating group) is 1. The Morgan fingerprint density at radius 3 is 2.25 bits per heavy atom. The van der Waals surface area contributed by atoms with Gasteiger partial charge in [-0.25, -0.2) is 9.98 Å². The number of nitrogens with zero attached hydrogens (tertiary/aromatic N) is 6. The van der Waals surface area contributed by atoms with Gasteiger partial charge in [0.25, 0.3) is 0 Å². The van der Waals surface area contributed by atoms with Crippen molar-refractivity contribution in [1.29, 1.82) is 0 Å². The molecular weight excluding hydrogens is 548 g/mol. The van der Waals surface area contributed by atoms with Crippen LogP contribution in [-0.4, -0.2) is 60.2 Å². The number of guanidine groups is 1. The van der Waals surface area contributed by atoms with Crippen molar-refractivity contribution >= 4 is 23.2 Å². The van der Waals surface area contributed by atoms with Crippen LogP contribution in [0.5, 0.6) is 0 Å². The Morgan fingerprint density at radius 1 is 0.886 bits per heavy atom. The molecule has 3 N–H and O–H groups in total. The first kappa shape index (κ1) is 28.6. The second-order valence-corrected chi connectivity index (χ2v) is 12.1. The van der Waals surface area contributed by atoms with E-state index in [1.54, 1.807) is 0 Å². The van der Waals surface area contributed by atoms with Crippen molar-refractivity contribution in [1.82, 2.24) is 14.5 Å². The minimum Gasteiger partial charge on any atom is -0.369 e. The minimum atomic E-state index is -1.01. The predicted molar refractivity (Wildman–Crippen MR) is 177 cm³/mol. The number of aromatic nitrogens is 2. The molecule has 0 amide bonds. The molecule has 4 heterocycles. The maximum absolute atomic E-state index is 7.65. The molecule has 2 unspecified atom stereocenters. The maximum Gasteiger partial charge on any atom is 0.206 e. The van der Waals surface area contributed by atoms with Gasteiger partial charge in [0, 0.05) is 50.6 Å². The summed E-state index contributed by atoms with van der Waals surface area (Å²) in [7, 11) is 2.18. The number of nitrogens with one attached hydrogen (secondary N) is 1. The lowest BCUT2D eigenvalue weighted by atomic mass is 9.92. The van der Waals surface area contributed by atoms with E-state index in [4.69, 9.17) is 20.4 Å². The Balaban J connectivity index is 1.33. The summed E-state index contributed by atoms with van der Waals surface area (Å²) in [6.45, 7) is 5.42. The summed E-state index contributed by atoms with van der Waals surface area (Å²) in [4.78, 5) is 17.2. The quantitative estimate of drug-likeness (QED) is 0.307. The van der Waals surface area contributed by atoms with Crippen LogP contribution in [0, 0.1) is 0 Å². The van der Waals surface area contributed by atoms with E-state index in [0.29, 0.717) is 18.9 Å². The number of nitrogens with two attached hydrogens (primary N) is 1. The van der Waals surface area contributed by atoms with Gasteiger partial charge in [-0.05, 0) is 61.7 Å². The molecule has 0 aliphatic carbocycles. The molecule has 3 aromatic carbocycles. The Labute approximate surface area is 260 Å². The van der Waals surface area contributed by atoms with Crippen LogP contribution >= 0.6 is 0 Å². The Bertz CT molecular complexity index is 1560. The van der Waals surface area contributed by atoms with Crippen molar-refractivity contribution < 1.29 is 4.74 Å². The molecule has 44 heavy (non-hydrogen) atoms. The van der Waals surface area contributed by atoms with Crippen LogP contribution in [0.3, 0.4) is 0 Å². The molecule has 228 valence electrons. The molecule has 2 saturated heterocycles. The number of imidazole rings is 1. The van der Waals surface area contributed by atoms with Crippen molar-refractivity contribution in [3.63, 3.8) is 0 Å². The first-order chi connectivity index (χ1) is 21.6. The summed E-state index contributed by atoms with van der Waals surface area (Å²) < 4.78 is 8.33. The SMILES string of the molecule is CN1CCN(c2ccc(N3C(=NCc4ccccc4)Nc4c(ncn4C4CCCCO4)C3(N)Cc3ccccc3)cc2)CC1. The van der Waals surface area contributed by atoms with E-state index < -0.39 is 5.66 Å². The zero-order valence-corrected chi connectivity index (χ0v) is 25.5. The fraction of sp³-hybridized carbons (Fsp3) is 0.371. The number of fused-ring (bicyclic) bond motifs is 1. The molecule has 2 atom stereocenters. The highest BCUT2D eigenvalue weighted by molar-refractivity contribution is 6.08. The highest BCUT2D eigenvalue weighted by Crippen LogP contribution is 2.42. The Morgan fingerprint density at radius 2 is 1.57 bits per heavy atom. The summed E-state index contributed by atoms with van der Waals surface area (Å²) in [5.74, 6) is 1.55. The van der Waals surface area contributed by atoms with Gasteiger partial charge in [-0.3, -0.25) is 9.47 Å². The number of aliphatic imine (C=N–C) groups is 1. The predicted octanol–water partition coefficient (Wildman–Crippen LogP) is 5.18. The maximum atomic E-state index is 7.65. The van der Waals surface area contributed by atoms with Gasteiger partial charge in [0.05, 0.1) is 12.9 Å². The first-order valence-corrected chi connectivity index (χ1v) is 15.8. The van der Waals surface area contributed by atoms with E-state index >= 15 is 0 Å². The summed E-state index contributed by atoms with van der Waals surface area (Å²) in [5.41, 5.74) is 11.9. The van der Waals surface area contributed by atoms with Crippen molar-refractivity contribution in [3.05, 3.63) is 108 Å². The van der Waals surface area contributed by atoms with E-state index in [2.05, 4.69) is 104 Å². The third-order valence-corrected chi connectivity index (χ3v) is 9.06. The summed E-state index contributed by atoms with van der Waals surface area (Å²) in [6, 6.07) is 29.5. The topological polar surface area (TPSA) is 87.2 Å². The molecule has 9 nitrogen and oxygen atoms in total. The van der Waals surface area contributed by atoms with Gasteiger partial charge in [-0.1, -0.05) is 60.7 Å². The van der Waals surface area contributed by atoms with Crippen molar-refractivity contribution in [2.75, 3.05) is 55.0 Å². The fourth-order valence-corrected chi connectivity index (χ4v) is 6.58. The summed E-state index contributed by atoms with van der Waals surface area (Å²) in [5, 5.41) is 3.69. The largest absolute Gasteiger partial charge is 0.369 e. The summed E-state index contributed by atoms with van der Waals surface area (Å²) >= 11 is 0. The highest BCUT2D eigenvalue weighted by atomic mass is 16.5. The van der Waals surface area contributed by atoms with Gasteiger partial charge in [-0.2, -0.15) is 0 Å². The zero-order valence-electron chi connectivity index (χ0n) is 25.5. The van der Waals surface area contributed by atoms with Crippen molar-refractivity contribution in [2.45, 2.75) is 44.1 Å². The van der Waals surface area contributed by atoms with E-state index in [-0.39, 0.29) is 6.23 Å². The van der Waals surface area contributed by atoms with Crippen LogP contribution in [0.1, 0.15) is 42.3 Å². The van der Waals surface area contributed by atoms with Gasteiger partial charge >= 0.3 is 0 Å². The molecule has 3 aliphatic rings. The number of hydrogen-bond donors (Lipinski definition) is 2. The molecule has 1 aromatic heterocycles. The lowest BCUT2D eigenvalue weighted by Crippen LogP contribution is -2.62. The first-order valence-electron chi connectivity index (χ1n) is 15.8. The third kappa shape index (κ3) is 5.70. The molecule has 0 radical (unpaired) electrons. The second-order valence-electron chi connectivity index (χ2n) is 12.1. The van der Waals surface area contributed by atoms with Crippen LogP contribution in [0.25, 0.3) is 0 Å². The van der Waals surface area contributed by atoms with E-state index in [9.17, 15) is 0 Å². The molecule has 0 spiro atoms. The van der Waals surface area contributed by atoms with Gasteiger partial charge in [0.1, 0.15) is 23.4 Å². The van der Waals surface area contributed by atoms with Crippen LogP contribution in [-0.2, 0) is 23.4 Å². The van der Waals surface area contributed by atoms with Crippen molar-refractivity contribution in [2.24, 2.45) is 10.7 Å². The molecule has 7 rings (SSSR count). The second kappa shape index (κ2) is 12.4. The molecule has 2 fully saturated rings. The molecule has 0 saturated carbocycles. The van der Waals surface area contributed by atoms with E-state index in [1.165, 1.54) is 5.69 Å². The molecular formula is C35H42N8O. The average Bonchev–Trinajstić information content (AvgIpc) is 3.51. The number of piperazine rings is 1. The standard InChI is InChI=1S/C35H42N8O/c1-40-19-21-41(22-20-40)29-15-17-30(18-16-29)43-34(37-25-28-12-6-3-7-13-28)39-33-32(35(43,36)24-27-10-4-2-5-11-27)38-26-42(33)31-14-8-9-23-44-31/h2-7,10-13,15-18,26,31H,8-9,14,19-25,36H2,1H3,(H,37,39). The van der Waals surface area contributed by atoms with Gasteiger partial charge in [0.15, 0.2) is 0 Å². The molecule has 0 bridgehead atoms. The molecule has 4 aromatic rings. The monoisotopic (exact) mass is 590 g/mol. The van der Waals surface area contributed by atoms with Gasteiger partial charge < -0.3 is 25.6 Å². The smallest absolute Gasteiger partial charge is 0.206 e. The minimum absolute atomic E-state index is 0.0849. The summed E-state index contributed by atoms with van der Waals surface area (Å²) in [6.07, 6.45) is 5.49. The van der Waals surface area contributed by atoms with Crippen molar-refractivity contribution in [3.8, 4) is 0 Å². The highest BCUT2D eigenvalue weighted by Gasteiger charge is 2.47. The van der Waals surface area contributed by atoms with E-state index in [0.717, 1.165) is 80.4 Å². The average molecular weight is 591 g/mol. The normalized spacial score (nSPS) is 23.4. The van der Waals surface area contributed by atoms with Crippen LogP contribution in [0.15, 0.2) is 96.2 Å². The number of ether oxygens (including phenoxy) is 1. The number of anilines is 3. The van der Waals surface area contributed by atoms with E-state index in [1.807, 2.05) is 18.5 Å². The Kier molecular flexibility index (Phi) is 8.08. The van der Waals surface area contributed by atoms with Crippen LogP contribution in [0.4, 0.5) is 17.2 Å². The third-order valence-electron chi connectivity index (χ3n) is 9.06. The van der Waals surface area contributed by atoms with Gasteiger partial charge in [-0.15, -0.1) is 0 Å². The van der Waals surface area contributed by atoms with Gasteiger partial charge in [0.2, 0.25) is 5.96 Å². The zero-order chi connectivity index (χ0) is 29.9. The number of rotatable bonds is 7. The van der Waals surface area contributed by atoms with Crippen LogP contribution < -0.4 is 20.9 Å².